The summed E-state index contributed by atoms with van der Waals surface area (Å²) in [5.41, 5.74) is 5.82. The molecule has 0 fully saturated rings. The first kappa shape index (κ1) is 31.6. The predicted molar refractivity (Wildman–Crippen MR) is 138 cm³/mol. The van der Waals surface area contributed by atoms with Crippen molar-refractivity contribution in [3.63, 3.8) is 0 Å². The Kier molecular flexibility index (Phi) is 19.7. The molecule has 3 atom stereocenters. The van der Waals surface area contributed by atoms with Crippen LogP contribution >= 0.6 is 11.8 Å². The number of unbranched alkanes of at least 4 members (excludes halogenated alkanes) is 3. The third-order valence-electron chi connectivity index (χ3n) is 4.67. The molecule has 0 aliphatic carbocycles. The minimum Gasteiger partial charge on any atom is -0.481 e. The van der Waals surface area contributed by atoms with E-state index < -0.39 is 41.8 Å². The Bertz CT molecular complexity index is 706. The largest absolute Gasteiger partial charge is 0.481 e. The monoisotopic (exact) mass is 496 g/mol. The van der Waals surface area contributed by atoms with Gasteiger partial charge in [-0.1, -0.05) is 68.4 Å². The van der Waals surface area contributed by atoms with Gasteiger partial charge in [-0.05, 0) is 32.1 Å². The Morgan fingerprint density at radius 3 is 2.38 bits per heavy atom. The van der Waals surface area contributed by atoms with Crippen LogP contribution in [0.15, 0.2) is 48.6 Å². The molecule has 1 amide bonds. The smallest absolute Gasteiger partial charge is 0.322 e. The number of carboxylic acids is 2. The van der Waals surface area contributed by atoms with E-state index >= 15 is 0 Å². The first-order chi connectivity index (χ1) is 16.3. The van der Waals surface area contributed by atoms with Crippen molar-refractivity contribution in [2.45, 2.75) is 75.7 Å². The molecule has 0 aliphatic heterocycles. The van der Waals surface area contributed by atoms with Crippen molar-refractivity contribution < 1.29 is 29.7 Å². The van der Waals surface area contributed by atoms with Gasteiger partial charge in [-0.3, -0.25) is 14.4 Å². The number of aliphatic hydroxyl groups is 1. The van der Waals surface area contributed by atoms with Crippen molar-refractivity contribution in [2.75, 3.05) is 12.3 Å². The summed E-state index contributed by atoms with van der Waals surface area (Å²) in [6.07, 6.45) is 21.1. The molecule has 0 heterocycles. The van der Waals surface area contributed by atoms with Crippen LogP contribution in [0, 0.1) is 0 Å². The average Bonchev–Trinajstić information content (AvgIpc) is 2.79. The van der Waals surface area contributed by atoms with Crippen molar-refractivity contribution in [3.05, 3.63) is 48.6 Å². The fourth-order valence-corrected chi connectivity index (χ4v) is 3.91. The summed E-state index contributed by atoms with van der Waals surface area (Å²) >= 11 is 1.26. The van der Waals surface area contributed by atoms with E-state index in [0.29, 0.717) is 12.8 Å². The maximum absolute atomic E-state index is 11.9. The number of amides is 1. The second-order valence-electron chi connectivity index (χ2n) is 7.77. The van der Waals surface area contributed by atoms with Gasteiger partial charge in [0, 0.05) is 17.4 Å². The number of carbonyl (C=O) groups is 3. The van der Waals surface area contributed by atoms with E-state index in [-0.39, 0.29) is 12.2 Å². The SMILES string of the molecule is CCCCC/C=C\C/C=C/C=C/C=C/[C@@H](SC[C@H](N)C(=O)NCC(=O)O)[C@@H](O)CCCC(=O)O. The van der Waals surface area contributed by atoms with Crippen LogP contribution in [0.4, 0.5) is 0 Å². The van der Waals surface area contributed by atoms with Crippen LogP contribution in [0.3, 0.4) is 0 Å². The zero-order valence-electron chi connectivity index (χ0n) is 20.0. The van der Waals surface area contributed by atoms with E-state index in [9.17, 15) is 19.5 Å². The molecule has 0 aromatic rings. The molecule has 0 aromatic carbocycles. The third-order valence-corrected chi connectivity index (χ3v) is 6.08. The molecule has 0 unspecified atom stereocenters. The van der Waals surface area contributed by atoms with Crippen LogP contribution in [0.2, 0.25) is 0 Å². The molecule has 0 saturated carbocycles. The third kappa shape index (κ3) is 19.1. The molecule has 8 nitrogen and oxygen atoms in total. The Morgan fingerprint density at radius 2 is 1.71 bits per heavy atom. The van der Waals surface area contributed by atoms with Crippen LogP contribution < -0.4 is 11.1 Å². The van der Waals surface area contributed by atoms with Gasteiger partial charge in [-0.25, -0.2) is 0 Å². The Balaban J connectivity index is 4.70. The summed E-state index contributed by atoms with van der Waals surface area (Å²) < 4.78 is 0. The molecule has 6 N–H and O–H groups in total. The fourth-order valence-electron chi connectivity index (χ4n) is 2.77. The quantitative estimate of drug-likeness (QED) is 0.0977. The van der Waals surface area contributed by atoms with E-state index in [1.807, 2.05) is 24.3 Å². The Labute approximate surface area is 207 Å². The highest BCUT2D eigenvalue weighted by Gasteiger charge is 2.21. The standard InChI is InChI=1S/C25H40N2O6S/c1-2-3-4-5-6-7-8-9-10-11-12-13-16-22(21(28)15-14-17-23(29)30)34-19-20(26)25(33)27-18-24(31)32/h6-7,9-13,16,20-22,28H,2-5,8,14-15,17-19,26H2,1H3,(H,27,33)(H,29,30)(H,31,32)/b7-6-,10-9+,12-11+,16-13+/t20-,21-,22+/m0/s1. The molecule has 0 radical (unpaired) electrons. The highest BCUT2D eigenvalue weighted by Crippen LogP contribution is 2.21. The lowest BCUT2D eigenvalue weighted by atomic mass is 10.1. The van der Waals surface area contributed by atoms with E-state index in [2.05, 4.69) is 24.4 Å². The number of aliphatic carboxylic acids is 2. The first-order valence-corrected chi connectivity index (χ1v) is 12.7. The van der Waals surface area contributed by atoms with Crippen LogP contribution in [0.5, 0.6) is 0 Å². The molecule has 9 heteroatoms. The van der Waals surface area contributed by atoms with E-state index in [1.165, 1.54) is 31.0 Å². The van der Waals surface area contributed by atoms with Gasteiger partial charge in [0.25, 0.3) is 0 Å². The second kappa shape index (κ2) is 21.2. The molecule has 0 rings (SSSR count). The minimum atomic E-state index is -1.16. The number of rotatable bonds is 20. The number of hydrogen-bond donors (Lipinski definition) is 5. The van der Waals surface area contributed by atoms with E-state index in [1.54, 1.807) is 12.2 Å². The van der Waals surface area contributed by atoms with Crippen LogP contribution in [-0.2, 0) is 14.4 Å². The minimum absolute atomic E-state index is 0.0347. The Morgan fingerprint density at radius 1 is 0.971 bits per heavy atom. The molecule has 0 bridgehead atoms. The van der Waals surface area contributed by atoms with Crippen LogP contribution in [0.1, 0.15) is 58.3 Å². The molecule has 34 heavy (non-hydrogen) atoms. The van der Waals surface area contributed by atoms with Crippen molar-refractivity contribution in [2.24, 2.45) is 5.73 Å². The highest BCUT2D eigenvalue weighted by molar-refractivity contribution is 8.00. The summed E-state index contributed by atoms with van der Waals surface area (Å²) in [7, 11) is 0. The maximum Gasteiger partial charge on any atom is 0.322 e. The molecule has 192 valence electrons. The lowest BCUT2D eigenvalue weighted by molar-refractivity contribution is -0.138. The fraction of sp³-hybridized carbons (Fsp3) is 0.560. The number of nitrogens with one attached hydrogen (secondary N) is 1. The van der Waals surface area contributed by atoms with E-state index in [4.69, 9.17) is 15.9 Å². The molecule has 0 aromatic heterocycles. The molecular formula is C25H40N2O6S. The van der Waals surface area contributed by atoms with Crippen LogP contribution in [-0.4, -0.2) is 62.9 Å². The summed E-state index contributed by atoms with van der Waals surface area (Å²) in [5, 5.41) is 29.8. The predicted octanol–water partition coefficient (Wildman–Crippen LogP) is 3.43. The number of thioether (sulfide) groups is 1. The van der Waals surface area contributed by atoms with Gasteiger partial charge in [0.15, 0.2) is 0 Å². The summed E-state index contributed by atoms with van der Waals surface area (Å²) in [6, 6.07) is -0.931. The normalized spacial score (nSPS) is 14.8. The topological polar surface area (TPSA) is 150 Å². The van der Waals surface area contributed by atoms with Gasteiger partial charge in [-0.15, -0.1) is 11.8 Å². The van der Waals surface area contributed by atoms with Crippen molar-refractivity contribution in [1.29, 1.82) is 0 Å². The van der Waals surface area contributed by atoms with Gasteiger partial charge in [-0.2, -0.15) is 0 Å². The number of carbonyl (C=O) groups excluding carboxylic acids is 1. The number of hydrogen-bond acceptors (Lipinski definition) is 6. The van der Waals surface area contributed by atoms with Gasteiger partial charge in [0.2, 0.25) is 5.91 Å². The summed E-state index contributed by atoms with van der Waals surface area (Å²) in [4.78, 5) is 33.2. The first-order valence-electron chi connectivity index (χ1n) is 11.7. The molecule has 0 aliphatic rings. The number of allylic oxidation sites excluding steroid dienone is 7. The van der Waals surface area contributed by atoms with Gasteiger partial charge in [0.05, 0.1) is 12.1 Å². The van der Waals surface area contributed by atoms with Gasteiger partial charge in [0.1, 0.15) is 6.54 Å². The van der Waals surface area contributed by atoms with Crippen molar-refractivity contribution in [3.8, 4) is 0 Å². The molecule has 0 saturated heterocycles. The van der Waals surface area contributed by atoms with Crippen molar-refractivity contribution >= 4 is 29.6 Å². The summed E-state index contributed by atoms with van der Waals surface area (Å²) in [6.45, 7) is 1.68. The number of carboxylic acid groups (broad SMARTS) is 2. The Hall–Kier alpha value is -2.36. The van der Waals surface area contributed by atoms with Gasteiger partial charge >= 0.3 is 11.9 Å². The lowest BCUT2D eigenvalue weighted by Crippen LogP contribution is -2.44. The number of nitrogens with two attached hydrogens (primary N) is 1. The second-order valence-corrected chi connectivity index (χ2v) is 8.98. The zero-order chi connectivity index (χ0) is 25.6. The number of aliphatic hydroxyl groups excluding tert-OH is 1. The van der Waals surface area contributed by atoms with E-state index in [0.717, 1.165) is 12.8 Å². The maximum atomic E-state index is 11.9. The lowest BCUT2D eigenvalue weighted by Gasteiger charge is -2.21. The van der Waals surface area contributed by atoms with Gasteiger partial charge < -0.3 is 26.4 Å². The van der Waals surface area contributed by atoms with Crippen LogP contribution in [0.25, 0.3) is 0 Å². The zero-order valence-corrected chi connectivity index (χ0v) is 20.8. The summed E-state index contributed by atoms with van der Waals surface area (Å²) in [5.74, 6) is -2.49. The molecular weight excluding hydrogens is 456 g/mol. The highest BCUT2D eigenvalue weighted by atomic mass is 32.2. The average molecular weight is 497 g/mol. The van der Waals surface area contributed by atoms with Crippen molar-refractivity contribution in [1.82, 2.24) is 5.32 Å². The molecule has 0 spiro atoms.